The van der Waals surface area contributed by atoms with Gasteiger partial charge < -0.3 is 4.90 Å². The van der Waals surface area contributed by atoms with Crippen molar-refractivity contribution in [2.75, 3.05) is 13.1 Å². The molecule has 7 heteroatoms. The van der Waals surface area contributed by atoms with Gasteiger partial charge in [0, 0.05) is 38.8 Å². The fourth-order valence-corrected chi connectivity index (χ4v) is 3.81. The second-order valence-corrected chi connectivity index (χ2v) is 7.30. The summed E-state index contributed by atoms with van der Waals surface area (Å²) in [6.45, 7) is 1.29. The number of nitrogens with zero attached hydrogens (tertiary/aromatic N) is 4. The lowest BCUT2D eigenvalue weighted by molar-refractivity contribution is -0.129. The summed E-state index contributed by atoms with van der Waals surface area (Å²) >= 11 is 0. The Labute approximate surface area is 161 Å². The average Bonchev–Trinajstić information content (AvgIpc) is 3.21. The highest BCUT2D eigenvalue weighted by Crippen LogP contribution is 2.27. The number of aryl methyl sites for hydroxylation is 1. The lowest BCUT2D eigenvalue weighted by Crippen LogP contribution is -2.37. The van der Waals surface area contributed by atoms with Crippen LogP contribution in [0.1, 0.15) is 23.6 Å². The van der Waals surface area contributed by atoms with Gasteiger partial charge in [-0.05, 0) is 24.1 Å². The summed E-state index contributed by atoms with van der Waals surface area (Å²) in [6.07, 6.45) is 1.21. The van der Waals surface area contributed by atoms with Crippen molar-refractivity contribution in [3.63, 3.8) is 0 Å². The summed E-state index contributed by atoms with van der Waals surface area (Å²) < 4.78 is 2.48. The van der Waals surface area contributed by atoms with Gasteiger partial charge in [-0.15, -0.1) is 0 Å². The largest absolute Gasteiger partial charge is 0.342 e. The lowest BCUT2D eigenvalue weighted by atomic mass is 10.0. The van der Waals surface area contributed by atoms with Crippen molar-refractivity contribution < 1.29 is 4.79 Å². The topological polar surface area (TPSA) is 77.2 Å². The monoisotopic (exact) mass is 378 g/mol. The van der Waals surface area contributed by atoms with Gasteiger partial charge in [0.1, 0.15) is 5.65 Å². The zero-order chi connectivity index (χ0) is 19.8. The summed E-state index contributed by atoms with van der Waals surface area (Å²) in [5.41, 5.74) is 1.47. The van der Waals surface area contributed by atoms with Crippen LogP contribution in [0.5, 0.6) is 0 Å². The van der Waals surface area contributed by atoms with Gasteiger partial charge in [-0.1, -0.05) is 30.3 Å². The van der Waals surface area contributed by atoms with E-state index in [0.29, 0.717) is 30.5 Å². The van der Waals surface area contributed by atoms with Crippen LogP contribution in [0.25, 0.3) is 11.0 Å². The molecule has 1 amide bonds. The SMILES string of the molecule is Cn1c(=O)c2ccc([C@@H]3CCN(C(=O)Cc4ccccc4)C3)nc2n(C)c1=O. The molecule has 28 heavy (non-hydrogen) atoms. The fraction of sp³-hybridized carbons (Fsp3) is 0.333. The molecule has 0 N–H and O–H groups in total. The maximum absolute atomic E-state index is 12.6. The number of benzene rings is 1. The first-order chi connectivity index (χ1) is 13.5. The minimum absolute atomic E-state index is 0.100. The Bertz CT molecular complexity index is 1160. The number of fused-ring (bicyclic) bond motifs is 1. The number of likely N-dealkylation sites (tertiary alicyclic amines) is 1. The van der Waals surface area contributed by atoms with E-state index in [-0.39, 0.29) is 17.4 Å². The molecule has 1 aliphatic heterocycles. The van der Waals surface area contributed by atoms with E-state index in [0.717, 1.165) is 22.2 Å². The molecule has 1 saturated heterocycles. The summed E-state index contributed by atoms with van der Waals surface area (Å²) in [5.74, 6) is 0.207. The van der Waals surface area contributed by atoms with Crippen molar-refractivity contribution in [1.29, 1.82) is 0 Å². The molecule has 1 atom stereocenters. The van der Waals surface area contributed by atoms with Crippen LogP contribution in [0.15, 0.2) is 52.1 Å². The Kier molecular flexibility index (Phi) is 4.58. The van der Waals surface area contributed by atoms with E-state index >= 15 is 0 Å². The van der Waals surface area contributed by atoms with E-state index in [4.69, 9.17) is 0 Å². The standard InChI is InChI=1S/C21H22N4O3/c1-23-19-16(20(27)24(2)21(23)28)8-9-17(22-19)15-10-11-25(13-15)18(26)12-14-6-4-3-5-7-14/h3-9,15H,10-13H2,1-2H3/t15-/m1/s1. The molecule has 0 saturated carbocycles. The first-order valence-corrected chi connectivity index (χ1v) is 9.34. The van der Waals surface area contributed by atoms with Crippen molar-refractivity contribution in [1.82, 2.24) is 19.0 Å². The van der Waals surface area contributed by atoms with Gasteiger partial charge in [0.2, 0.25) is 5.91 Å². The minimum Gasteiger partial charge on any atom is -0.342 e. The van der Waals surface area contributed by atoms with E-state index in [1.807, 2.05) is 41.3 Å². The van der Waals surface area contributed by atoms with E-state index in [1.54, 1.807) is 13.1 Å². The van der Waals surface area contributed by atoms with Gasteiger partial charge in [0.05, 0.1) is 11.8 Å². The molecule has 0 unspecified atom stereocenters. The third-order valence-electron chi connectivity index (χ3n) is 5.48. The second-order valence-electron chi connectivity index (χ2n) is 7.30. The summed E-state index contributed by atoms with van der Waals surface area (Å²) in [6, 6.07) is 13.3. The first kappa shape index (κ1) is 18.2. The van der Waals surface area contributed by atoms with E-state index in [2.05, 4.69) is 4.98 Å². The molecule has 1 aromatic carbocycles. The molecule has 7 nitrogen and oxygen atoms in total. The van der Waals surface area contributed by atoms with Gasteiger partial charge in [-0.3, -0.25) is 18.7 Å². The maximum Gasteiger partial charge on any atom is 0.332 e. The van der Waals surface area contributed by atoms with E-state index in [1.165, 1.54) is 11.6 Å². The van der Waals surface area contributed by atoms with Crippen molar-refractivity contribution in [2.45, 2.75) is 18.8 Å². The van der Waals surface area contributed by atoms with Gasteiger partial charge >= 0.3 is 5.69 Å². The molecule has 2 aromatic heterocycles. The van der Waals surface area contributed by atoms with Crippen LogP contribution >= 0.6 is 0 Å². The quantitative estimate of drug-likeness (QED) is 0.686. The number of pyridine rings is 1. The van der Waals surface area contributed by atoms with Crippen LogP contribution in [-0.4, -0.2) is 38.0 Å². The average molecular weight is 378 g/mol. The number of carbonyl (C=O) groups excluding carboxylic acids is 1. The van der Waals surface area contributed by atoms with Crippen molar-refractivity contribution in [3.05, 3.63) is 74.6 Å². The van der Waals surface area contributed by atoms with E-state index in [9.17, 15) is 14.4 Å². The Morgan fingerprint density at radius 3 is 2.57 bits per heavy atom. The van der Waals surface area contributed by atoms with E-state index < -0.39 is 5.69 Å². The zero-order valence-corrected chi connectivity index (χ0v) is 16.0. The number of carbonyl (C=O) groups is 1. The van der Waals surface area contributed by atoms with Gasteiger partial charge in [-0.2, -0.15) is 0 Å². The second kappa shape index (κ2) is 7.07. The molecule has 0 bridgehead atoms. The lowest BCUT2D eigenvalue weighted by Gasteiger charge is -2.17. The predicted octanol–water partition coefficient (Wildman–Crippen LogP) is 1.19. The number of rotatable bonds is 3. The van der Waals surface area contributed by atoms with Gasteiger partial charge in [-0.25, -0.2) is 9.78 Å². The molecular weight excluding hydrogens is 356 g/mol. The van der Waals surface area contributed by atoms with Crippen LogP contribution in [0.4, 0.5) is 0 Å². The normalized spacial score (nSPS) is 16.6. The Balaban J connectivity index is 1.57. The highest BCUT2D eigenvalue weighted by Gasteiger charge is 2.28. The number of hydrogen-bond acceptors (Lipinski definition) is 4. The molecule has 1 aliphatic rings. The van der Waals surface area contributed by atoms with Gasteiger partial charge in [0.25, 0.3) is 5.56 Å². The van der Waals surface area contributed by atoms with Crippen molar-refractivity contribution in [2.24, 2.45) is 14.1 Å². The molecule has 1 fully saturated rings. The Hall–Kier alpha value is -3.22. The maximum atomic E-state index is 12.6. The molecule has 3 heterocycles. The number of amides is 1. The summed E-state index contributed by atoms with van der Waals surface area (Å²) in [7, 11) is 3.08. The fourth-order valence-electron chi connectivity index (χ4n) is 3.81. The molecule has 0 radical (unpaired) electrons. The molecule has 4 rings (SSSR count). The third kappa shape index (κ3) is 3.13. The third-order valence-corrected chi connectivity index (χ3v) is 5.48. The highest BCUT2D eigenvalue weighted by molar-refractivity contribution is 5.79. The van der Waals surface area contributed by atoms with Crippen LogP contribution in [0.3, 0.4) is 0 Å². The van der Waals surface area contributed by atoms with Crippen molar-refractivity contribution >= 4 is 16.9 Å². The van der Waals surface area contributed by atoms with Crippen LogP contribution in [0.2, 0.25) is 0 Å². The van der Waals surface area contributed by atoms with Crippen molar-refractivity contribution in [3.8, 4) is 0 Å². The van der Waals surface area contributed by atoms with Crippen LogP contribution in [0, 0.1) is 0 Å². The molecule has 0 aliphatic carbocycles. The highest BCUT2D eigenvalue weighted by atomic mass is 16.2. The summed E-state index contributed by atoms with van der Waals surface area (Å²) in [5, 5.41) is 0.420. The van der Waals surface area contributed by atoms with Crippen LogP contribution < -0.4 is 11.2 Å². The first-order valence-electron chi connectivity index (χ1n) is 9.34. The zero-order valence-electron chi connectivity index (χ0n) is 16.0. The molecule has 0 spiro atoms. The summed E-state index contributed by atoms with van der Waals surface area (Å²) in [4.78, 5) is 43.6. The molecular formula is C21H22N4O3. The number of hydrogen-bond donors (Lipinski definition) is 0. The molecule has 3 aromatic rings. The minimum atomic E-state index is -0.395. The smallest absolute Gasteiger partial charge is 0.332 e. The predicted molar refractivity (Wildman–Crippen MR) is 106 cm³/mol. The number of aromatic nitrogens is 3. The molecule has 144 valence electrons. The Morgan fingerprint density at radius 1 is 1.07 bits per heavy atom. The van der Waals surface area contributed by atoms with Gasteiger partial charge in [0.15, 0.2) is 0 Å². The Morgan fingerprint density at radius 2 is 1.82 bits per heavy atom. The van der Waals surface area contributed by atoms with Crippen LogP contribution in [-0.2, 0) is 25.3 Å².